The van der Waals surface area contributed by atoms with E-state index in [0.29, 0.717) is 39.3 Å². The average Bonchev–Trinajstić information content (AvgIpc) is 2.35. The minimum atomic E-state index is -0.301. The van der Waals surface area contributed by atoms with Crippen molar-refractivity contribution in [1.82, 2.24) is 0 Å². The van der Waals surface area contributed by atoms with Crippen molar-refractivity contribution < 1.29 is 19.0 Å². The number of esters is 1. The van der Waals surface area contributed by atoms with Crippen molar-refractivity contribution in [3.8, 4) is 11.8 Å². The molecule has 0 heterocycles. The van der Waals surface area contributed by atoms with Crippen LogP contribution in [0.2, 0.25) is 0 Å². The Bertz CT molecular complexity index is 301. The van der Waals surface area contributed by atoms with Crippen molar-refractivity contribution in [2.24, 2.45) is 0 Å². The van der Waals surface area contributed by atoms with E-state index in [1.54, 1.807) is 6.08 Å². The average molecular weight is 267 g/mol. The van der Waals surface area contributed by atoms with E-state index < -0.39 is 0 Å². The van der Waals surface area contributed by atoms with Gasteiger partial charge >= 0.3 is 5.97 Å². The molecule has 0 saturated heterocycles. The lowest BCUT2D eigenvalue weighted by Crippen LogP contribution is -2.13. The third-order valence-corrected chi connectivity index (χ3v) is 2.05. The lowest BCUT2D eigenvalue weighted by molar-refractivity contribution is -0.144. The maximum absolute atomic E-state index is 10.6. The van der Waals surface area contributed by atoms with Crippen molar-refractivity contribution in [2.75, 3.05) is 26.4 Å². The minimum absolute atomic E-state index is 0.297. The summed E-state index contributed by atoms with van der Waals surface area (Å²) in [6, 6.07) is 0. The summed E-state index contributed by atoms with van der Waals surface area (Å²) in [5, 5.41) is 0. The molecule has 4 heteroatoms. The Labute approximate surface area is 116 Å². The van der Waals surface area contributed by atoms with E-state index in [9.17, 15) is 4.79 Å². The van der Waals surface area contributed by atoms with Crippen LogP contribution in [0.3, 0.4) is 0 Å². The van der Waals surface area contributed by atoms with E-state index in [-0.39, 0.29) is 12.1 Å². The Hall–Kier alpha value is -1.31. The quantitative estimate of drug-likeness (QED) is 0.263. The first kappa shape index (κ1) is 17.7. The molecule has 1 radical (unpaired) electrons. The van der Waals surface area contributed by atoms with Crippen LogP contribution in [0.5, 0.6) is 0 Å². The van der Waals surface area contributed by atoms with Crippen LogP contribution in [0.15, 0.2) is 12.7 Å². The van der Waals surface area contributed by atoms with Gasteiger partial charge in [0, 0.05) is 20.0 Å². The summed E-state index contributed by atoms with van der Waals surface area (Å²) in [5.41, 5.74) is 0. The van der Waals surface area contributed by atoms with E-state index in [1.807, 2.05) is 0 Å². The van der Waals surface area contributed by atoms with Gasteiger partial charge in [-0.1, -0.05) is 17.9 Å². The third kappa shape index (κ3) is 14.6. The standard InChI is InChI=1S/C15H23O4/c1-4-10-17-11-6-5-7-12-18-13-8-9-14(2)19-15(3)16/h4,14H,1-2,6,8-13H2,3H3. The van der Waals surface area contributed by atoms with Crippen LogP contribution in [0, 0.1) is 18.8 Å². The van der Waals surface area contributed by atoms with E-state index in [1.165, 1.54) is 6.92 Å². The summed E-state index contributed by atoms with van der Waals surface area (Å²) in [7, 11) is 0. The molecule has 1 atom stereocenters. The van der Waals surface area contributed by atoms with Gasteiger partial charge in [0.15, 0.2) is 0 Å². The van der Waals surface area contributed by atoms with Gasteiger partial charge in [-0.2, -0.15) is 0 Å². The maximum atomic E-state index is 10.6. The fraction of sp³-hybridized carbons (Fsp3) is 0.600. The summed E-state index contributed by atoms with van der Waals surface area (Å²) in [4.78, 5) is 10.6. The molecule has 0 aliphatic carbocycles. The zero-order valence-electron chi connectivity index (χ0n) is 11.7. The molecule has 0 saturated carbocycles. The van der Waals surface area contributed by atoms with Crippen LogP contribution < -0.4 is 0 Å². The van der Waals surface area contributed by atoms with Gasteiger partial charge in [0.2, 0.25) is 0 Å². The minimum Gasteiger partial charge on any atom is -0.463 e. The topological polar surface area (TPSA) is 44.8 Å². The second-order valence-corrected chi connectivity index (χ2v) is 3.89. The van der Waals surface area contributed by atoms with Gasteiger partial charge in [0.25, 0.3) is 0 Å². The smallest absolute Gasteiger partial charge is 0.302 e. The number of carbonyl (C=O) groups is 1. The third-order valence-electron chi connectivity index (χ3n) is 2.05. The molecule has 0 amide bonds. The van der Waals surface area contributed by atoms with E-state index in [4.69, 9.17) is 14.2 Å². The molecule has 0 N–H and O–H groups in total. The number of ether oxygens (including phenoxy) is 3. The molecular formula is C15H23O4. The molecule has 0 aliphatic rings. The zero-order chi connectivity index (χ0) is 14.3. The molecule has 0 aliphatic heterocycles. The summed E-state index contributed by atoms with van der Waals surface area (Å²) < 4.78 is 15.4. The van der Waals surface area contributed by atoms with Crippen molar-refractivity contribution in [2.45, 2.75) is 32.3 Å². The molecule has 0 bridgehead atoms. The number of hydrogen-bond acceptors (Lipinski definition) is 4. The van der Waals surface area contributed by atoms with Crippen molar-refractivity contribution in [3.63, 3.8) is 0 Å². The highest BCUT2D eigenvalue weighted by Gasteiger charge is 2.04. The number of rotatable bonds is 10. The molecule has 0 aromatic rings. The van der Waals surface area contributed by atoms with Gasteiger partial charge in [0.1, 0.15) is 12.7 Å². The molecular weight excluding hydrogens is 244 g/mol. The Kier molecular flexibility index (Phi) is 12.2. The molecule has 0 rings (SSSR count). The van der Waals surface area contributed by atoms with Crippen LogP contribution in [0.25, 0.3) is 0 Å². The van der Waals surface area contributed by atoms with E-state index >= 15 is 0 Å². The van der Waals surface area contributed by atoms with Gasteiger partial charge in [0.05, 0.1) is 13.2 Å². The highest BCUT2D eigenvalue weighted by atomic mass is 16.5. The van der Waals surface area contributed by atoms with Gasteiger partial charge in [-0.15, -0.1) is 6.58 Å². The van der Waals surface area contributed by atoms with Gasteiger partial charge in [-0.25, -0.2) is 0 Å². The highest BCUT2D eigenvalue weighted by Crippen LogP contribution is 2.01. The van der Waals surface area contributed by atoms with Crippen molar-refractivity contribution in [1.29, 1.82) is 0 Å². The molecule has 4 nitrogen and oxygen atoms in total. The molecule has 107 valence electrons. The van der Waals surface area contributed by atoms with Crippen molar-refractivity contribution in [3.05, 3.63) is 19.6 Å². The van der Waals surface area contributed by atoms with Gasteiger partial charge in [-0.05, 0) is 19.8 Å². The summed E-state index contributed by atoms with van der Waals surface area (Å²) in [6.07, 6.45) is 3.61. The first-order valence-electron chi connectivity index (χ1n) is 6.39. The van der Waals surface area contributed by atoms with E-state index in [0.717, 1.165) is 6.42 Å². The Morgan fingerprint density at radius 1 is 1.32 bits per heavy atom. The fourth-order valence-electron chi connectivity index (χ4n) is 1.26. The summed E-state index contributed by atoms with van der Waals surface area (Å²) in [6.45, 7) is 10.8. The maximum Gasteiger partial charge on any atom is 0.302 e. The normalized spacial score (nSPS) is 11.3. The first-order chi connectivity index (χ1) is 9.16. The Morgan fingerprint density at radius 2 is 2.11 bits per heavy atom. The second-order valence-electron chi connectivity index (χ2n) is 3.89. The molecule has 0 fully saturated rings. The van der Waals surface area contributed by atoms with Crippen LogP contribution in [0.4, 0.5) is 0 Å². The predicted molar refractivity (Wildman–Crippen MR) is 74.4 cm³/mol. The second kappa shape index (κ2) is 13.1. The van der Waals surface area contributed by atoms with Gasteiger partial charge < -0.3 is 14.2 Å². The molecule has 0 spiro atoms. The van der Waals surface area contributed by atoms with E-state index in [2.05, 4.69) is 25.3 Å². The first-order valence-corrected chi connectivity index (χ1v) is 6.39. The molecule has 1 unspecified atom stereocenters. The SMILES string of the molecule is [CH2]C(CCCOCC#CCCOCC=C)OC(C)=O. The van der Waals surface area contributed by atoms with Gasteiger partial charge in [-0.3, -0.25) is 4.79 Å². The Morgan fingerprint density at radius 3 is 2.79 bits per heavy atom. The largest absolute Gasteiger partial charge is 0.463 e. The van der Waals surface area contributed by atoms with Crippen LogP contribution >= 0.6 is 0 Å². The molecule has 0 aromatic heterocycles. The molecule has 0 aromatic carbocycles. The van der Waals surface area contributed by atoms with Crippen molar-refractivity contribution >= 4 is 5.97 Å². The monoisotopic (exact) mass is 267 g/mol. The lowest BCUT2D eigenvalue weighted by atomic mass is 10.2. The van der Waals surface area contributed by atoms with Crippen LogP contribution in [-0.2, 0) is 19.0 Å². The molecule has 19 heavy (non-hydrogen) atoms. The number of hydrogen-bond donors (Lipinski definition) is 0. The predicted octanol–water partition coefficient (Wildman–Crippen LogP) is 2.15. The summed E-state index contributed by atoms with van der Waals surface area (Å²) >= 11 is 0. The number of carbonyl (C=O) groups excluding carboxylic acids is 1. The fourth-order valence-corrected chi connectivity index (χ4v) is 1.26. The van der Waals surface area contributed by atoms with Crippen LogP contribution in [-0.4, -0.2) is 38.5 Å². The van der Waals surface area contributed by atoms with Crippen LogP contribution in [0.1, 0.15) is 26.2 Å². The Balaban J connectivity index is 3.28. The zero-order valence-corrected chi connectivity index (χ0v) is 11.7. The summed E-state index contributed by atoms with van der Waals surface area (Å²) in [5.74, 6) is 5.56. The lowest BCUT2D eigenvalue weighted by Gasteiger charge is -2.10. The highest BCUT2D eigenvalue weighted by molar-refractivity contribution is 5.66.